The first-order valence-corrected chi connectivity index (χ1v) is 3.27. The van der Waals surface area contributed by atoms with Crippen molar-refractivity contribution < 1.29 is 4.57 Å². The molecule has 1 atom stereocenters. The highest BCUT2D eigenvalue weighted by molar-refractivity contribution is 7.34. The average Bonchev–Trinajstić information content (AvgIpc) is 1.90. The van der Waals surface area contributed by atoms with Crippen LogP contribution in [0.3, 0.4) is 0 Å². The molecular formula is C6H8Cl2OP+. The normalized spacial score (nSPS) is 7.60. The maximum Gasteiger partial charge on any atom is 0.363 e. The van der Waals surface area contributed by atoms with Gasteiger partial charge in [0.2, 0.25) is 0 Å². The molecule has 4 heteroatoms. The molecule has 0 saturated carbocycles. The van der Waals surface area contributed by atoms with E-state index in [9.17, 15) is 4.57 Å². The van der Waals surface area contributed by atoms with Gasteiger partial charge in [0.15, 0.2) is 5.30 Å². The fourth-order valence-corrected chi connectivity index (χ4v) is 0.835. The van der Waals surface area contributed by atoms with E-state index in [0.29, 0.717) is 0 Å². The maximum atomic E-state index is 10.2. The van der Waals surface area contributed by atoms with Crippen molar-refractivity contribution in [2.24, 2.45) is 0 Å². The molecule has 1 nitrogen and oxygen atoms in total. The highest BCUT2D eigenvalue weighted by atomic mass is 35.5. The van der Waals surface area contributed by atoms with E-state index in [2.05, 4.69) is 0 Å². The van der Waals surface area contributed by atoms with E-state index in [-0.39, 0.29) is 33.3 Å². The molecule has 0 N–H and O–H groups in total. The molecule has 56 valence electrons. The van der Waals surface area contributed by atoms with Gasteiger partial charge < -0.3 is 0 Å². The van der Waals surface area contributed by atoms with Crippen LogP contribution >= 0.6 is 33.3 Å². The summed E-state index contributed by atoms with van der Waals surface area (Å²) in [5.41, 5.74) is 0. The smallest absolute Gasteiger partial charge is 0.147 e. The van der Waals surface area contributed by atoms with Gasteiger partial charge in [0.1, 0.15) is 0 Å². The van der Waals surface area contributed by atoms with Crippen LogP contribution in [-0.2, 0) is 4.57 Å². The molecule has 0 fully saturated rings. The Hall–Kier alpha value is -0.100. The Morgan fingerprint density at radius 1 is 1.00 bits per heavy atom. The van der Waals surface area contributed by atoms with E-state index in [1.165, 1.54) is 0 Å². The second-order valence-electron chi connectivity index (χ2n) is 1.47. The van der Waals surface area contributed by atoms with Crippen LogP contribution in [-0.4, -0.2) is 0 Å². The van der Waals surface area contributed by atoms with Crippen molar-refractivity contribution in [1.82, 2.24) is 0 Å². The van der Waals surface area contributed by atoms with Crippen LogP contribution in [0, 0.1) is 0 Å². The quantitative estimate of drug-likeness (QED) is 0.632. The molecule has 0 heterocycles. The van der Waals surface area contributed by atoms with Crippen molar-refractivity contribution in [2.75, 3.05) is 0 Å². The monoisotopic (exact) mass is 197 g/mol. The molecule has 0 spiro atoms. The summed E-state index contributed by atoms with van der Waals surface area (Å²) in [6.07, 6.45) is 0. The SMILES string of the molecule is Cl.Cl.O=[PH+]c1ccccc1. The van der Waals surface area contributed by atoms with Crippen LogP contribution in [0.1, 0.15) is 0 Å². The zero-order chi connectivity index (χ0) is 5.82. The van der Waals surface area contributed by atoms with Gasteiger partial charge in [-0.1, -0.05) is 22.8 Å². The molecule has 0 amide bonds. The molecule has 0 radical (unpaired) electrons. The molecule has 0 aliphatic heterocycles. The van der Waals surface area contributed by atoms with Crippen molar-refractivity contribution in [3.05, 3.63) is 30.3 Å². The van der Waals surface area contributed by atoms with Gasteiger partial charge in [-0.05, 0) is 12.1 Å². The molecule has 0 saturated heterocycles. The van der Waals surface area contributed by atoms with Gasteiger partial charge in [0, 0.05) is 0 Å². The second-order valence-corrected chi connectivity index (χ2v) is 2.25. The summed E-state index contributed by atoms with van der Waals surface area (Å²) in [6, 6.07) is 9.33. The minimum absolute atomic E-state index is 0. The standard InChI is InChI=1S/C6H5OP.2ClH/c7-8-6-4-2-1-3-5-6;;/h1-5H;2*1H/p+1. The van der Waals surface area contributed by atoms with Gasteiger partial charge in [-0.2, -0.15) is 0 Å². The Bertz CT molecular complexity index is 178. The first-order valence-electron chi connectivity index (χ1n) is 2.36. The lowest BCUT2D eigenvalue weighted by atomic mass is 10.4. The predicted octanol–water partition coefficient (Wildman–Crippen LogP) is 2.18. The Balaban J connectivity index is 0. The van der Waals surface area contributed by atoms with Gasteiger partial charge in [0.25, 0.3) is 0 Å². The first kappa shape index (κ1) is 12.6. The van der Waals surface area contributed by atoms with Crippen LogP contribution in [0.2, 0.25) is 0 Å². The maximum absolute atomic E-state index is 10.2. The highest BCUT2D eigenvalue weighted by Crippen LogP contribution is 1.92. The van der Waals surface area contributed by atoms with Gasteiger partial charge in [-0.25, -0.2) is 0 Å². The molecule has 1 unspecified atom stereocenters. The third-order valence-corrected chi connectivity index (χ3v) is 1.46. The molecule has 0 bridgehead atoms. The molecule has 1 aromatic carbocycles. The lowest BCUT2D eigenvalue weighted by Gasteiger charge is -1.74. The van der Waals surface area contributed by atoms with Crippen LogP contribution in [0.5, 0.6) is 0 Å². The minimum Gasteiger partial charge on any atom is -0.147 e. The molecule has 0 aromatic heterocycles. The van der Waals surface area contributed by atoms with E-state index in [4.69, 9.17) is 0 Å². The topological polar surface area (TPSA) is 17.1 Å². The van der Waals surface area contributed by atoms with Gasteiger partial charge in [-0.15, -0.1) is 24.8 Å². The first-order chi connectivity index (χ1) is 3.93. The van der Waals surface area contributed by atoms with E-state index in [1.807, 2.05) is 30.3 Å². The third-order valence-electron chi connectivity index (χ3n) is 0.892. The van der Waals surface area contributed by atoms with Crippen molar-refractivity contribution in [3.8, 4) is 0 Å². The van der Waals surface area contributed by atoms with Crippen LogP contribution in [0.4, 0.5) is 0 Å². The summed E-state index contributed by atoms with van der Waals surface area (Å²) in [6.45, 7) is 0. The number of hydrogen-bond donors (Lipinski definition) is 0. The molecule has 0 aliphatic rings. The van der Waals surface area contributed by atoms with E-state index >= 15 is 0 Å². The summed E-state index contributed by atoms with van der Waals surface area (Å²) in [5, 5.41) is 0.882. The molecular weight excluding hydrogens is 190 g/mol. The van der Waals surface area contributed by atoms with Crippen LogP contribution in [0.25, 0.3) is 0 Å². The number of benzene rings is 1. The van der Waals surface area contributed by atoms with E-state index in [0.717, 1.165) is 5.30 Å². The Morgan fingerprint density at radius 3 is 1.80 bits per heavy atom. The van der Waals surface area contributed by atoms with E-state index in [1.54, 1.807) is 0 Å². The van der Waals surface area contributed by atoms with Crippen molar-refractivity contribution >= 4 is 38.6 Å². The van der Waals surface area contributed by atoms with Crippen LogP contribution < -0.4 is 5.30 Å². The zero-order valence-electron chi connectivity index (χ0n) is 5.11. The number of hydrogen-bond acceptors (Lipinski definition) is 1. The molecule has 0 aliphatic carbocycles. The van der Waals surface area contributed by atoms with Crippen molar-refractivity contribution in [3.63, 3.8) is 0 Å². The average molecular weight is 198 g/mol. The lowest BCUT2D eigenvalue weighted by Crippen LogP contribution is -1.84. The summed E-state index contributed by atoms with van der Waals surface area (Å²) in [5.74, 6) is 0. The largest absolute Gasteiger partial charge is 0.363 e. The summed E-state index contributed by atoms with van der Waals surface area (Å²) < 4.78 is 10.2. The molecule has 1 rings (SSSR count). The van der Waals surface area contributed by atoms with E-state index < -0.39 is 0 Å². The zero-order valence-corrected chi connectivity index (χ0v) is 7.74. The van der Waals surface area contributed by atoms with Gasteiger partial charge in [0.05, 0.1) is 0 Å². The molecule has 10 heavy (non-hydrogen) atoms. The number of rotatable bonds is 1. The number of halogens is 2. The third kappa shape index (κ3) is 3.84. The van der Waals surface area contributed by atoms with Crippen molar-refractivity contribution in [2.45, 2.75) is 0 Å². The summed E-state index contributed by atoms with van der Waals surface area (Å²) in [4.78, 5) is 0. The summed E-state index contributed by atoms with van der Waals surface area (Å²) in [7, 11) is -0.320. The fourth-order valence-electron chi connectivity index (χ4n) is 0.506. The van der Waals surface area contributed by atoms with Crippen molar-refractivity contribution in [1.29, 1.82) is 0 Å². The lowest BCUT2D eigenvalue weighted by molar-refractivity contribution is 0.603. The summed E-state index contributed by atoms with van der Waals surface area (Å²) >= 11 is 0. The van der Waals surface area contributed by atoms with Gasteiger partial charge >= 0.3 is 8.46 Å². The highest BCUT2D eigenvalue weighted by Gasteiger charge is 1.91. The second kappa shape index (κ2) is 7.01. The Morgan fingerprint density at radius 2 is 1.50 bits per heavy atom. The van der Waals surface area contributed by atoms with Gasteiger partial charge in [-0.3, -0.25) is 0 Å². The minimum atomic E-state index is -0.320. The predicted molar refractivity (Wildman–Crippen MR) is 49.6 cm³/mol. The Labute approximate surface area is 73.9 Å². The Kier molecular flexibility index (Phi) is 8.81. The van der Waals surface area contributed by atoms with Crippen LogP contribution in [0.15, 0.2) is 30.3 Å². The molecule has 1 aromatic rings. The fraction of sp³-hybridized carbons (Fsp3) is 0.